The van der Waals surface area contributed by atoms with E-state index in [2.05, 4.69) is 45.9 Å². The fourth-order valence-corrected chi connectivity index (χ4v) is 5.05. The van der Waals surface area contributed by atoms with E-state index in [-0.39, 0.29) is 11.9 Å². The summed E-state index contributed by atoms with van der Waals surface area (Å²) >= 11 is 0. The third-order valence-corrected chi connectivity index (χ3v) is 6.34. The number of nitrogens with one attached hydrogen (secondary N) is 2. The van der Waals surface area contributed by atoms with Crippen molar-refractivity contribution in [1.29, 1.82) is 0 Å². The third-order valence-electron chi connectivity index (χ3n) is 6.34. The number of nitrogens with zero attached hydrogens (tertiary/aromatic N) is 1. The van der Waals surface area contributed by atoms with Gasteiger partial charge in [0, 0.05) is 30.3 Å². The summed E-state index contributed by atoms with van der Waals surface area (Å²) in [5.74, 6) is 0.413. The first kappa shape index (κ1) is 16.8. The fraction of sp³-hybridized carbons (Fsp3) is 0.435. The topological polar surface area (TPSA) is 44.4 Å². The van der Waals surface area contributed by atoms with Gasteiger partial charge in [0.1, 0.15) is 0 Å². The molecule has 2 aromatic carbocycles. The summed E-state index contributed by atoms with van der Waals surface area (Å²) in [5.41, 5.74) is 5.91. The number of hydrogen-bond acceptors (Lipinski definition) is 3. The molecular formula is C23H27N3O. The van der Waals surface area contributed by atoms with E-state index in [0.29, 0.717) is 5.92 Å². The largest absolute Gasteiger partial charge is 0.377 e. The van der Waals surface area contributed by atoms with Gasteiger partial charge in [0.25, 0.3) is 5.91 Å². The number of anilines is 1. The average Bonchev–Trinajstić information content (AvgIpc) is 2.98. The minimum absolute atomic E-state index is 0.0654. The molecule has 4 nitrogen and oxygen atoms in total. The minimum atomic E-state index is 0.0654. The zero-order valence-corrected chi connectivity index (χ0v) is 15.7. The van der Waals surface area contributed by atoms with Crippen molar-refractivity contribution < 1.29 is 4.79 Å². The Kier molecular flexibility index (Phi) is 4.36. The van der Waals surface area contributed by atoms with Gasteiger partial charge in [-0.1, -0.05) is 36.8 Å². The lowest BCUT2D eigenvalue weighted by Crippen LogP contribution is -2.29. The molecule has 0 radical (unpaired) electrons. The zero-order chi connectivity index (χ0) is 18.2. The van der Waals surface area contributed by atoms with Crippen LogP contribution in [0.1, 0.15) is 64.7 Å². The fourth-order valence-electron chi connectivity index (χ4n) is 5.05. The van der Waals surface area contributed by atoms with Crippen LogP contribution in [0.2, 0.25) is 0 Å². The number of carbonyl (C=O) groups is 1. The van der Waals surface area contributed by atoms with Crippen LogP contribution in [0.3, 0.4) is 0 Å². The highest BCUT2D eigenvalue weighted by atomic mass is 16.1. The molecular weight excluding hydrogens is 334 g/mol. The first-order chi connectivity index (χ1) is 13.3. The Morgan fingerprint density at radius 1 is 1.04 bits per heavy atom. The second kappa shape index (κ2) is 7.01. The molecule has 2 aromatic rings. The molecule has 140 valence electrons. The molecule has 3 aliphatic heterocycles. The first-order valence-corrected chi connectivity index (χ1v) is 10.3. The molecule has 0 bridgehead atoms. The van der Waals surface area contributed by atoms with Gasteiger partial charge in [0.2, 0.25) is 0 Å². The third kappa shape index (κ3) is 3.12. The molecule has 0 saturated carbocycles. The van der Waals surface area contributed by atoms with E-state index >= 15 is 0 Å². The van der Waals surface area contributed by atoms with E-state index < -0.39 is 0 Å². The molecule has 3 aliphatic rings. The molecule has 4 heteroatoms. The zero-order valence-electron chi connectivity index (χ0n) is 15.7. The minimum Gasteiger partial charge on any atom is -0.377 e. The van der Waals surface area contributed by atoms with Gasteiger partial charge in [0.05, 0.1) is 6.04 Å². The molecule has 2 N–H and O–H groups in total. The van der Waals surface area contributed by atoms with Crippen molar-refractivity contribution in [2.45, 2.75) is 44.2 Å². The van der Waals surface area contributed by atoms with E-state index in [9.17, 15) is 4.79 Å². The van der Waals surface area contributed by atoms with Crippen LogP contribution in [0.4, 0.5) is 5.69 Å². The second-order valence-corrected chi connectivity index (χ2v) is 8.12. The maximum Gasteiger partial charge on any atom is 0.251 e. The lowest BCUT2D eigenvalue weighted by atomic mass is 9.86. The normalized spacial score (nSPS) is 24.7. The predicted molar refractivity (Wildman–Crippen MR) is 108 cm³/mol. The number of carbonyl (C=O) groups excluding carboxylic acids is 1. The van der Waals surface area contributed by atoms with Crippen molar-refractivity contribution in [3.8, 4) is 0 Å². The lowest BCUT2D eigenvalue weighted by Gasteiger charge is -2.27. The van der Waals surface area contributed by atoms with Crippen LogP contribution in [-0.2, 0) is 6.54 Å². The highest BCUT2D eigenvalue weighted by Crippen LogP contribution is 2.48. The summed E-state index contributed by atoms with van der Waals surface area (Å²) in [6.45, 7) is 4.22. The van der Waals surface area contributed by atoms with E-state index in [1.807, 2.05) is 12.1 Å². The molecule has 0 aromatic heterocycles. The van der Waals surface area contributed by atoms with Crippen LogP contribution in [0, 0.1) is 0 Å². The highest BCUT2D eigenvalue weighted by Gasteiger charge is 2.37. The molecule has 27 heavy (non-hydrogen) atoms. The van der Waals surface area contributed by atoms with Crippen LogP contribution in [-0.4, -0.2) is 30.4 Å². The maximum atomic E-state index is 12.4. The van der Waals surface area contributed by atoms with Gasteiger partial charge >= 0.3 is 0 Å². The number of hydrogen-bond donors (Lipinski definition) is 2. The number of likely N-dealkylation sites (tertiary alicyclic amines) is 1. The Morgan fingerprint density at radius 3 is 2.78 bits per heavy atom. The number of benzene rings is 2. The van der Waals surface area contributed by atoms with E-state index in [1.165, 1.54) is 49.0 Å². The summed E-state index contributed by atoms with van der Waals surface area (Å²) in [7, 11) is 0. The van der Waals surface area contributed by atoms with E-state index in [4.69, 9.17) is 0 Å². The second-order valence-electron chi connectivity index (χ2n) is 8.12. The molecule has 5 rings (SSSR count). The molecule has 0 aliphatic carbocycles. The van der Waals surface area contributed by atoms with Crippen LogP contribution < -0.4 is 10.6 Å². The van der Waals surface area contributed by atoms with Crippen molar-refractivity contribution >= 4 is 11.6 Å². The SMILES string of the molecule is O=C1NCCC2c3c(cccc31)NC2c1cccc(CN2CCCCC2)c1. The Morgan fingerprint density at radius 2 is 1.89 bits per heavy atom. The highest BCUT2D eigenvalue weighted by molar-refractivity contribution is 5.98. The summed E-state index contributed by atoms with van der Waals surface area (Å²) < 4.78 is 0. The molecule has 3 heterocycles. The van der Waals surface area contributed by atoms with E-state index in [1.54, 1.807) is 0 Å². The van der Waals surface area contributed by atoms with Crippen molar-refractivity contribution in [3.63, 3.8) is 0 Å². The summed E-state index contributed by atoms with van der Waals surface area (Å²) in [4.78, 5) is 15.0. The van der Waals surface area contributed by atoms with Gasteiger partial charge in [-0.25, -0.2) is 0 Å². The van der Waals surface area contributed by atoms with Crippen LogP contribution in [0.25, 0.3) is 0 Å². The summed E-state index contributed by atoms with van der Waals surface area (Å²) in [6.07, 6.45) is 5.00. The number of amides is 1. The predicted octanol–water partition coefficient (Wildman–Crippen LogP) is 4.06. The number of piperidine rings is 1. The monoisotopic (exact) mass is 361 g/mol. The van der Waals surface area contributed by atoms with E-state index in [0.717, 1.165) is 30.8 Å². The molecule has 1 amide bonds. The molecule has 1 fully saturated rings. The van der Waals surface area contributed by atoms with Gasteiger partial charge in [-0.15, -0.1) is 0 Å². The molecule has 0 spiro atoms. The average molecular weight is 361 g/mol. The Hall–Kier alpha value is -2.33. The lowest BCUT2D eigenvalue weighted by molar-refractivity contribution is 0.0956. The Bertz CT molecular complexity index is 856. The van der Waals surface area contributed by atoms with Crippen LogP contribution >= 0.6 is 0 Å². The first-order valence-electron chi connectivity index (χ1n) is 10.3. The smallest absolute Gasteiger partial charge is 0.251 e. The van der Waals surface area contributed by atoms with Crippen LogP contribution in [0.5, 0.6) is 0 Å². The Labute approximate surface area is 161 Å². The molecule has 2 unspecified atom stereocenters. The molecule has 1 saturated heterocycles. The standard InChI is InChI=1S/C23H27N3O/c27-23-19-8-5-9-20-21(19)18(10-11-24-23)22(25-20)17-7-4-6-16(14-17)15-26-12-2-1-3-13-26/h4-9,14,18,22,25H,1-3,10-13,15H2,(H,24,27). The van der Waals surface area contributed by atoms with Gasteiger partial charge < -0.3 is 10.6 Å². The number of rotatable bonds is 3. The van der Waals surface area contributed by atoms with Gasteiger partial charge in [-0.2, -0.15) is 0 Å². The summed E-state index contributed by atoms with van der Waals surface area (Å²) in [5, 5.41) is 6.77. The van der Waals surface area contributed by atoms with Gasteiger partial charge in [-0.3, -0.25) is 9.69 Å². The van der Waals surface area contributed by atoms with Gasteiger partial charge in [0.15, 0.2) is 0 Å². The van der Waals surface area contributed by atoms with Crippen molar-refractivity contribution in [3.05, 3.63) is 64.7 Å². The Balaban J connectivity index is 1.44. The van der Waals surface area contributed by atoms with Gasteiger partial charge in [-0.05, 0) is 61.2 Å². The van der Waals surface area contributed by atoms with Crippen molar-refractivity contribution in [1.82, 2.24) is 10.2 Å². The van der Waals surface area contributed by atoms with Crippen molar-refractivity contribution in [2.24, 2.45) is 0 Å². The van der Waals surface area contributed by atoms with Crippen molar-refractivity contribution in [2.75, 3.05) is 25.0 Å². The van der Waals surface area contributed by atoms with Crippen LogP contribution in [0.15, 0.2) is 42.5 Å². The summed E-state index contributed by atoms with van der Waals surface area (Å²) in [6, 6.07) is 15.4. The maximum absolute atomic E-state index is 12.4. The quantitative estimate of drug-likeness (QED) is 0.867. The molecule has 2 atom stereocenters.